The van der Waals surface area contributed by atoms with Crippen molar-refractivity contribution in [1.82, 2.24) is 5.32 Å². The third-order valence-corrected chi connectivity index (χ3v) is 4.14. The summed E-state index contributed by atoms with van der Waals surface area (Å²) in [5, 5.41) is 3.40. The summed E-state index contributed by atoms with van der Waals surface area (Å²) in [7, 11) is 2.04. The summed E-state index contributed by atoms with van der Waals surface area (Å²) in [4.78, 5) is 0. The molecule has 0 amide bonds. The minimum atomic E-state index is 0. The smallest absolute Gasteiger partial charge is 0.0122 e. The Morgan fingerprint density at radius 1 is 0.857 bits per heavy atom. The zero-order valence-corrected chi connectivity index (χ0v) is 14.0. The van der Waals surface area contributed by atoms with Crippen LogP contribution in [-0.2, 0) is 0 Å². The molecule has 0 saturated heterocycles. The van der Waals surface area contributed by atoms with E-state index in [9.17, 15) is 0 Å². The van der Waals surface area contributed by atoms with Gasteiger partial charge in [0.1, 0.15) is 0 Å². The molecule has 114 valence electrons. The summed E-state index contributed by atoms with van der Waals surface area (Å²) in [6.45, 7) is 4.53. The molecule has 2 heteroatoms. The van der Waals surface area contributed by atoms with Gasteiger partial charge in [-0.1, -0.05) is 60.7 Å². The van der Waals surface area contributed by atoms with Crippen molar-refractivity contribution in [3.05, 3.63) is 71.8 Å². The Labute approximate surface area is 135 Å². The summed E-state index contributed by atoms with van der Waals surface area (Å²) in [5.41, 5.74) is 3.00. The maximum absolute atomic E-state index is 3.40. The van der Waals surface area contributed by atoms with Crippen LogP contribution in [0, 0.1) is 0 Å². The maximum Gasteiger partial charge on any atom is 0.0122 e. The van der Waals surface area contributed by atoms with Crippen LogP contribution in [0.3, 0.4) is 0 Å². The van der Waals surface area contributed by atoms with Crippen molar-refractivity contribution in [2.45, 2.75) is 38.1 Å². The third kappa shape index (κ3) is 5.18. The number of hydrogen-bond donors (Lipinski definition) is 1. The fraction of sp³-hybridized carbons (Fsp3) is 0.368. The van der Waals surface area contributed by atoms with E-state index in [1.165, 1.54) is 11.1 Å². The van der Waals surface area contributed by atoms with Gasteiger partial charge in [0.2, 0.25) is 0 Å². The van der Waals surface area contributed by atoms with Gasteiger partial charge in [0, 0.05) is 11.5 Å². The Hall–Kier alpha value is -1.31. The molecule has 0 aromatic heterocycles. The molecule has 0 spiro atoms. The Bertz CT molecular complexity index is 468. The summed E-state index contributed by atoms with van der Waals surface area (Å²) in [5.74, 6) is 0.477. The Kier molecular flexibility index (Phi) is 6.94. The topological polar surface area (TPSA) is 12.0 Å². The van der Waals surface area contributed by atoms with Crippen LogP contribution < -0.4 is 5.32 Å². The summed E-state index contributed by atoms with van der Waals surface area (Å²) < 4.78 is 0. The standard InChI is InChI=1S/C19H25N.ClH/c1-19(2,20-3)15-14-18(16-10-6-4-7-11-16)17-12-8-5-9-13-17;/h4-13,18,20H,14-15H2,1-3H3;1H. The molecule has 0 bridgehead atoms. The van der Waals surface area contributed by atoms with Crippen LogP contribution >= 0.6 is 12.4 Å². The van der Waals surface area contributed by atoms with Gasteiger partial charge in [0.25, 0.3) is 0 Å². The fourth-order valence-electron chi connectivity index (χ4n) is 2.53. The van der Waals surface area contributed by atoms with Crippen molar-refractivity contribution < 1.29 is 0 Å². The van der Waals surface area contributed by atoms with Gasteiger partial charge in [-0.25, -0.2) is 0 Å². The van der Waals surface area contributed by atoms with Crippen LogP contribution in [0.1, 0.15) is 43.7 Å². The number of hydrogen-bond acceptors (Lipinski definition) is 1. The summed E-state index contributed by atoms with van der Waals surface area (Å²) in [6, 6.07) is 21.7. The number of rotatable bonds is 6. The van der Waals surface area contributed by atoms with Crippen molar-refractivity contribution in [3.63, 3.8) is 0 Å². The second-order valence-corrected chi connectivity index (χ2v) is 6.05. The Morgan fingerprint density at radius 3 is 1.67 bits per heavy atom. The zero-order chi connectivity index (χ0) is 14.4. The number of halogens is 1. The molecule has 0 saturated carbocycles. The first-order chi connectivity index (χ1) is 9.62. The number of benzene rings is 2. The minimum Gasteiger partial charge on any atom is -0.315 e. The lowest BCUT2D eigenvalue weighted by Gasteiger charge is -2.27. The molecular formula is C19H26ClN. The molecule has 0 heterocycles. The number of nitrogens with one attached hydrogen (secondary N) is 1. The van der Waals surface area contributed by atoms with Crippen molar-refractivity contribution in [2.24, 2.45) is 0 Å². The second-order valence-electron chi connectivity index (χ2n) is 6.05. The van der Waals surface area contributed by atoms with Gasteiger partial charge in [0.15, 0.2) is 0 Å². The molecule has 2 aromatic carbocycles. The van der Waals surface area contributed by atoms with E-state index in [1.54, 1.807) is 0 Å². The first kappa shape index (κ1) is 17.7. The van der Waals surface area contributed by atoms with E-state index in [4.69, 9.17) is 0 Å². The molecule has 21 heavy (non-hydrogen) atoms. The molecule has 0 fully saturated rings. The van der Waals surface area contributed by atoms with E-state index >= 15 is 0 Å². The van der Waals surface area contributed by atoms with E-state index in [0.717, 1.165) is 12.8 Å². The minimum absolute atomic E-state index is 0. The highest BCUT2D eigenvalue weighted by Gasteiger charge is 2.20. The van der Waals surface area contributed by atoms with Crippen molar-refractivity contribution in [1.29, 1.82) is 0 Å². The molecule has 1 nitrogen and oxygen atoms in total. The molecule has 0 unspecified atom stereocenters. The Balaban J connectivity index is 0.00000220. The molecule has 0 aliphatic carbocycles. The second kappa shape index (κ2) is 8.21. The maximum atomic E-state index is 3.40. The Morgan fingerprint density at radius 2 is 1.29 bits per heavy atom. The lowest BCUT2D eigenvalue weighted by molar-refractivity contribution is 0.374. The van der Waals surface area contributed by atoms with E-state index in [2.05, 4.69) is 79.8 Å². The highest BCUT2D eigenvalue weighted by Crippen LogP contribution is 2.31. The highest BCUT2D eigenvalue weighted by atomic mass is 35.5. The molecule has 0 aliphatic rings. The predicted octanol–water partition coefficient (Wildman–Crippen LogP) is 5.02. The monoisotopic (exact) mass is 303 g/mol. The summed E-state index contributed by atoms with van der Waals surface area (Å²) in [6.07, 6.45) is 2.31. The van der Waals surface area contributed by atoms with Crippen molar-refractivity contribution in [3.8, 4) is 0 Å². The highest BCUT2D eigenvalue weighted by molar-refractivity contribution is 5.85. The van der Waals surface area contributed by atoms with Gasteiger partial charge in [0.05, 0.1) is 0 Å². The third-order valence-electron chi connectivity index (χ3n) is 4.14. The SMILES string of the molecule is CNC(C)(C)CCC(c1ccccc1)c1ccccc1.Cl. The predicted molar refractivity (Wildman–Crippen MR) is 94.3 cm³/mol. The van der Waals surface area contributed by atoms with E-state index in [0.29, 0.717) is 5.92 Å². The normalized spacial score (nSPS) is 11.2. The molecule has 0 aliphatic heterocycles. The van der Waals surface area contributed by atoms with E-state index in [-0.39, 0.29) is 17.9 Å². The molecule has 2 aromatic rings. The first-order valence-corrected chi connectivity index (χ1v) is 7.41. The van der Waals surface area contributed by atoms with Gasteiger partial charge in [-0.3, -0.25) is 0 Å². The van der Waals surface area contributed by atoms with Gasteiger partial charge >= 0.3 is 0 Å². The van der Waals surface area contributed by atoms with Gasteiger partial charge < -0.3 is 5.32 Å². The van der Waals surface area contributed by atoms with Crippen LogP contribution in [0.25, 0.3) is 0 Å². The zero-order valence-electron chi connectivity index (χ0n) is 13.2. The van der Waals surface area contributed by atoms with Crippen LogP contribution in [0.15, 0.2) is 60.7 Å². The summed E-state index contributed by atoms with van der Waals surface area (Å²) >= 11 is 0. The van der Waals surface area contributed by atoms with Crippen LogP contribution in [0.4, 0.5) is 0 Å². The van der Waals surface area contributed by atoms with Crippen molar-refractivity contribution in [2.75, 3.05) is 7.05 Å². The van der Waals surface area contributed by atoms with Gasteiger partial charge in [-0.05, 0) is 44.9 Å². The lowest BCUT2D eigenvalue weighted by atomic mass is 9.84. The quantitative estimate of drug-likeness (QED) is 0.790. The molecule has 0 atom stereocenters. The van der Waals surface area contributed by atoms with Crippen LogP contribution in [0.5, 0.6) is 0 Å². The molecule has 0 radical (unpaired) electrons. The van der Waals surface area contributed by atoms with E-state index < -0.39 is 0 Å². The van der Waals surface area contributed by atoms with Crippen LogP contribution in [-0.4, -0.2) is 12.6 Å². The van der Waals surface area contributed by atoms with Gasteiger partial charge in [-0.15, -0.1) is 12.4 Å². The molecular weight excluding hydrogens is 278 g/mol. The average Bonchev–Trinajstić information content (AvgIpc) is 2.49. The van der Waals surface area contributed by atoms with Crippen LogP contribution in [0.2, 0.25) is 0 Å². The van der Waals surface area contributed by atoms with Gasteiger partial charge in [-0.2, -0.15) is 0 Å². The fourth-order valence-corrected chi connectivity index (χ4v) is 2.53. The first-order valence-electron chi connectivity index (χ1n) is 7.41. The molecule has 2 rings (SSSR count). The lowest BCUT2D eigenvalue weighted by Crippen LogP contribution is -2.36. The largest absolute Gasteiger partial charge is 0.315 e. The average molecular weight is 304 g/mol. The molecule has 1 N–H and O–H groups in total. The van der Waals surface area contributed by atoms with Crippen molar-refractivity contribution >= 4 is 12.4 Å². The van der Waals surface area contributed by atoms with E-state index in [1.807, 2.05) is 7.05 Å².